The number of fused-ring (bicyclic) bond motifs is 1. The van der Waals surface area contributed by atoms with E-state index in [-0.39, 0.29) is 0 Å². The lowest BCUT2D eigenvalue weighted by Crippen LogP contribution is -2.09. The molecule has 3 aromatic rings. The van der Waals surface area contributed by atoms with E-state index in [1.54, 1.807) is 0 Å². The van der Waals surface area contributed by atoms with Crippen LogP contribution in [-0.4, -0.2) is 21.1 Å². The van der Waals surface area contributed by atoms with Crippen molar-refractivity contribution < 1.29 is 0 Å². The number of benzene rings is 1. The molecule has 3 rings (SSSR count). The van der Waals surface area contributed by atoms with E-state index in [2.05, 4.69) is 27.8 Å². The summed E-state index contributed by atoms with van der Waals surface area (Å²) in [6.45, 7) is 1.62. The largest absolute Gasteiger partial charge is 0.335 e. The number of rotatable bonds is 5. The molecular formula is C16H18N4. The van der Waals surface area contributed by atoms with Crippen molar-refractivity contribution in [1.29, 1.82) is 0 Å². The van der Waals surface area contributed by atoms with Crippen molar-refractivity contribution in [3.8, 4) is 0 Å². The Hall–Kier alpha value is -2.20. The zero-order valence-electron chi connectivity index (χ0n) is 11.4. The maximum Gasteiger partial charge on any atom is 0.114 e. The van der Waals surface area contributed by atoms with Gasteiger partial charge in [-0.3, -0.25) is 4.98 Å². The third kappa shape index (κ3) is 2.70. The maximum atomic E-state index is 5.56. The van der Waals surface area contributed by atoms with Gasteiger partial charge in [-0.2, -0.15) is 0 Å². The number of imidazole rings is 1. The molecule has 0 spiro atoms. The van der Waals surface area contributed by atoms with E-state index in [9.17, 15) is 0 Å². The second-order valence-corrected chi connectivity index (χ2v) is 4.85. The van der Waals surface area contributed by atoms with E-state index in [0.29, 0.717) is 6.54 Å². The summed E-state index contributed by atoms with van der Waals surface area (Å²) in [7, 11) is 0. The van der Waals surface area contributed by atoms with E-state index >= 15 is 0 Å². The Morgan fingerprint density at radius 3 is 2.90 bits per heavy atom. The maximum absolute atomic E-state index is 5.56. The Kier molecular flexibility index (Phi) is 3.74. The van der Waals surface area contributed by atoms with Crippen molar-refractivity contribution >= 4 is 10.9 Å². The molecule has 0 saturated heterocycles. The van der Waals surface area contributed by atoms with Crippen LogP contribution in [0.5, 0.6) is 0 Å². The number of nitrogens with two attached hydrogens (primary N) is 1. The highest BCUT2D eigenvalue weighted by atomic mass is 15.1. The summed E-state index contributed by atoms with van der Waals surface area (Å²) in [5, 5.41) is 1.17. The Morgan fingerprint density at radius 1 is 1.10 bits per heavy atom. The summed E-state index contributed by atoms with van der Waals surface area (Å²) in [5.41, 5.74) is 7.64. The van der Waals surface area contributed by atoms with Gasteiger partial charge >= 0.3 is 0 Å². The molecule has 0 aliphatic heterocycles. The quantitative estimate of drug-likeness (QED) is 0.771. The zero-order chi connectivity index (χ0) is 13.8. The van der Waals surface area contributed by atoms with Crippen molar-refractivity contribution in [2.75, 3.05) is 6.54 Å². The van der Waals surface area contributed by atoms with Gasteiger partial charge in [0.1, 0.15) is 5.82 Å². The highest BCUT2D eigenvalue weighted by molar-refractivity contribution is 5.78. The van der Waals surface area contributed by atoms with Crippen LogP contribution in [0.4, 0.5) is 0 Å². The van der Waals surface area contributed by atoms with Crippen molar-refractivity contribution in [3.05, 3.63) is 60.3 Å². The number of aryl methyl sites for hydroxylation is 1. The Balaban J connectivity index is 1.84. The summed E-state index contributed by atoms with van der Waals surface area (Å²) < 4.78 is 2.16. The third-order valence-corrected chi connectivity index (χ3v) is 3.40. The van der Waals surface area contributed by atoms with Gasteiger partial charge in [0.25, 0.3) is 0 Å². The van der Waals surface area contributed by atoms with Gasteiger partial charge in [0, 0.05) is 36.4 Å². The smallest absolute Gasteiger partial charge is 0.114 e. The highest BCUT2D eigenvalue weighted by Gasteiger charge is 2.05. The molecule has 0 unspecified atom stereocenters. The summed E-state index contributed by atoms with van der Waals surface area (Å²) in [6.07, 6.45) is 5.57. The summed E-state index contributed by atoms with van der Waals surface area (Å²) in [5.74, 6) is 1.04. The van der Waals surface area contributed by atoms with Crippen molar-refractivity contribution in [1.82, 2.24) is 14.5 Å². The van der Waals surface area contributed by atoms with Crippen molar-refractivity contribution in [2.45, 2.75) is 19.4 Å². The summed E-state index contributed by atoms with van der Waals surface area (Å²) in [4.78, 5) is 9.12. The molecule has 0 bridgehead atoms. The molecular weight excluding hydrogens is 248 g/mol. The molecule has 0 fully saturated rings. The van der Waals surface area contributed by atoms with E-state index in [1.807, 2.05) is 30.6 Å². The molecule has 102 valence electrons. The first-order valence-corrected chi connectivity index (χ1v) is 6.91. The molecule has 0 atom stereocenters. The molecule has 0 aliphatic carbocycles. The topological polar surface area (TPSA) is 56.7 Å². The van der Waals surface area contributed by atoms with Crippen LogP contribution in [0.15, 0.2) is 48.8 Å². The standard InChI is InChI=1S/C16H18N4/c17-8-3-10-20-11-9-18-16(20)12-14-7-6-13-4-1-2-5-15(13)19-14/h1-2,4-7,9,11H,3,8,10,12,17H2. The molecule has 0 saturated carbocycles. The molecule has 0 amide bonds. The molecule has 0 radical (unpaired) electrons. The van der Waals surface area contributed by atoms with E-state index < -0.39 is 0 Å². The van der Waals surface area contributed by atoms with E-state index in [0.717, 1.165) is 36.4 Å². The van der Waals surface area contributed by atoms with Gasteiger partial charge in [0.15, 0.2) is 0 Å². The van der Waals surface area contributed by atoms with Crippen LogP contribution in [0.1, 0.15) is 17.9 Å². The van der Waals surface area contributed by atoms with Gasteiger partial charge in [-0.15, -0.1) is 0 Å². The van der Waals surface area contributed by atoms with Gasteiger partial charge in [-0.1, -0.05) is 24.3 Å². The normalized spacial score (nSPS) is 11.1. The minimum absolute atomic E-state index is 0.700. The number of pyridine rings is 1. The second kappa shape index (κ2) is 5.84. The number of para-hydroxylation sites is 1. The Morgan fingerprint density at radius 2 is 2.00 bits per heavy atom. The van der Waals surface area contributed by atoms with Gasteiger partial charge in [0.05, 0.1) is 5.52 Å². The van der Waals surface area contributed by atoms with Crippen molar-refractivity contribution in [2.24, 2.45) is 5.73 Å². The fourth-order valence-electron chi connectivity index (χ4n) is 2.34. The first kappa shape index (κ1) is 12.8. The van der Waals surface area contributed by atoms with Gasteiger partial charge in [-0.05, 0) is 25.1 Å². The first-order valence-electron chi connectivity index (χ1n) is 6.91. The molecule has 2 N–H and O–H groups in total. The highest BCUT2D eigenvalue weighted by Crippen LogP contribution is 2.14. The van der Waals surface area contributed by atoms with Crippen LogP contribution in [0.25, 0.3) is 10.9 Å². The molecule has 20 heavy (non-hydrogen) atoms. The third-order valence-electron chi connectivity index (χ3n) is 3.40. The zero-order valence-corrected chi connectivity index (χ0v) is 11.4. The van der Waals surface area contributed by atoms with Crippen LogP contribution in [-0.2, 0) is 13.0 Å². The van der Waals surface area contributed by atoms with Crippen LogP contribution in [0, 0.1) is 0 Å². The molecule has 4 heteroatoms. The summed E-state index contributed by atoms with van der Waals surface area (Å²) >= 11 is 0. The molecule has 2 aromatic heterocycles. The number of nitrogens with zero attached hydrogens (tertiary/aromatic N) is 3. The second-order valence-electron chi connectivity index (χ2n) is 4.85. The van der Waals surface area contributed by atoms with Crippen LogP contribution < -0.4 is 5.73 Å². The van der Waals surface area contributed by atoms with Crippen LogP contribution in [0.2, 0.25) is 0 Å². The predicted molar refractivity (Wildman–Crippen MR) is 80.4 cm³/mol. The van der Waals surface area contributed by atoms with Crippen LogP contribution in [0.3, 0.4) is 0 Å². The molecule has 1 aromatic carbocycles. The minimum atomic E-state index is 0.700. The Labute approximate surface area is 118 Å². The van der Waals surface area contributed by atoms with Gasteiger partial charge in [-0.25, -0.2) is 4.98 Å². The Bertz CT molecular complexity index is 702. The number of aromatic nitrogens is 3. The molecule has 2 heterocycles. The van der Waals surface area contributed by atoms with E-state index in [4.69, 9.17) is 10.7 Å². The minimum Gasteiger partial charge on any atom is -0.335 e. The fraction of sp³-hybridized carbons (Fsp3) is 0.250. The SMILES string of the molecule is NCCCn1ccnc1Cc1ccc2ccccc2n1. The molecule has 4 nitrogen and oxygen atoms in total. The average molecular weight is 266 g/mol. The van der Waals surface area contributed by atoms with Gasteiger partial charge < -0.3 is 10.3 Å². The van der Waals surface area contributed by atoms with Crippen LogP contribution >= 0.6 is 0 Å². The van der Waals surface area contributed by atoms with E-state index in [1.165, 1.54) is 5.39 Å². The lowest BCUT2D eigenvalue weighted by molar-refractivity contribution is 0.623. The lowest BCUT2D eigenvalue weighted by Gasteiger charge is -2.07. The number of hydrogen-bond acceptors (Lipinski definition) is 3. The molecule has 0 aliphatic rings. The monoisotopic (exact) mass is 266 g/mol. The van der Waals surface area contributed by atoms with Crippen molar-refractivity contribution in [3.63, 3.8) is 0 Å². The average Bonchev–Trinajstić information content (AvgIpc) is 2.92. The number of hydrogen-bond donors (Lipinski definition) is 1. The first-order chi connectivity index (χ1) is 9.86. The lowest BCUT2D eigenvalue weighted by atomic mass is 10.2. The predicted octanol–water partition coefficient (Wildman–Crippen LogP) is 2.37. The van der Waals surface area contributed by atoms with Gasteiger partial charge in [0.2, 0.25) is 0 Å². The fourth-order valence-corrected chi connectivity index (χ4v) is 2.34. The summed E-state index contributed by atoms with van der Waals surface area (Å²) in [6, 6.07) is 12.4.